The van der Waals surface area contributed by atoms with E-state index < -0.39 is 0 Å². The number of amides is 1. The summed E-state index contributed by atoms with van der Waals surface area (Å²) < 4.78 is 0. The number of fused-ring (bicyclic) bond motifs is 1. The first-order valence-electron chi connectivity index (χ1n) is 10.0. The van der Waals surface area contributed by atoms with E-state index in [1.165, 1.54) is 24.2 Å². The van der Waals surface area contributed by atoms with Crippen molar-refractivity contribution in [1.29, 1.82) is 0 Å². The van der Waals surface area contributed by atoms with Crippen LogP contribution in [0.2, 0.25) is 0 Å². The van der Waals surface area contributed by atoms with Gasteiger partial charge in [-0.3, -0.25) is 9.59 Å². The van der Waals surface area contributed by atoms with Gasteiger partial charge >= 0.3 is 0 Å². The molecule has 0 aliphatic carbocycles. The first-order chi connectivity index (χ1) is 15.1. The van der Waals surface area contributed by atoms with Crippen LogP contribution in [0.4, 0.5) is 5.69 Å². The van der Waals surface area contributed by atoms with Crippen LogP contribution in [-0.2, 0) is 11.2 Å². The number of ketones is 1. The van der Waals surface area contributed by atoms with Crippen molar-refractivity contribution >= 4 is 40.0 Å². The predicted molar refractivity (Wildman–Crippen MR) is 127 cm³/mol. The average molecular weight is 427 g/mol. The van der Waals surface area contributed by atoms with E-state index in [1.807, 2.05) is 36.4 Å². The number of aromatic nitrogens is 1. The number of carbonyl (C=O) groups excluding carboxylic acids is 2. The number of para-hydroxylation sites is 1. The lowest BCUT2D eigenvalue weighted by Crippen LogP contribution is -2.14. The van der Waals surface area contributed by atoms with Crippen LogP contribution < -0.4 is 5.32 Å². The number of carbonyl (C=O) groups is 2. The molecule has 5 heteroatoms. The quantitative estimate of drug-likeness (QED) is 0.302. The molecule has 31 heavy (non-hydrogen) atoms. The van der Waals surface area contributed by atoms with Crippen molar-refractivity contribution in [3.8, 4) is 0 Å². The smallest absolute Gasteiger partial charge is 0.234 e. The molecule has 154 valence electrons. The summed E-state index contributed by atoms with van der Waals surface area (Å²) in [6.07, 6.45) is 0.759. The van der Waals surface area contributed by atoms with Gasteiger partial charge in [-0.2, -0.15) is 0 Å². The van der Waals surface area contributed by atoms with Crippen LogP contribution in [0, 0.1) is 0 Å². The number of thioether (sulfide) groups is 1. The van der Waals surface area contributed by atoms with Gasteiger partial charge in [0.2, 0.25) is 5.91 Å². The monoisotopic (exact) mass is 426 g/mol. The van der Waals surface area contributed by atoms with E-state index in [-0.39, 0.29) is 17.4 Å². The SMILES string of the molecule is CC(=O)c1ccc(NC(=O)CSc2nc3ccccc3cc2Cc2ccccc2)cc1. The van der Waals surface area contributed by atoms with Gasteiger partial charge in [0.1, 0.15) is 5.03 Å². The summed E-state index contributed by atoms with van der Waals surface area (Å²) >= 11 is 1.44. The highest BCUT2D eigenvalue weighted by Gasteiger charge is 2.12. The molecule has 1 heterocycles. The molecule has 0 fully saturated rings. The minimum atomic E-state index is -0.110. The van der Waals surface area contributed by atoms with Crippen molar-refractivity contribution in [3.63, 3.8) is 0 Å². The van der Waals surface area contributed by atoms with Gasteiger partial charge in [0.25, 0.3) is 0 Å². The zero-order valence-electron chi connectivity index (χ0n) is 17.2. The van der Waals surface area contributed by atoms with Gasteiger partial charge in [-0.05, 0) is 54.4 Å². The topological polar surface area (TPSA) is 59.1 Å². The summed E-state index contributed by atoms with van der Waals surface area (Å²) in [6.45, 7) is 1.52. The number of nitrogens with one attached hydrogen (secondary N) is 1. The molecule has 0 radical (unpaired) electrons. The normalized spacial score (nSPS) is 10.7. The highest BCUT2D eigenvalue weighted by Crippen LogP contribution is 2.27. The summed E-state index contributed by atoms with van der Waals surface area (Å²) in [7, 11) is 0. The molecule has 0 bridgehead atoms. The Morgan fingerprint density at radius 1 is 0.903 bits per heavy atom. The molecule has 3 aromatic carbocycles. The Hall–Kier alpha value is -3.44. The minimum Gasteiger partial charge on any atom is -0.325 e. The van der Waals surface area contributed by atoms with Gasteiger partial charge in [0.15, 0.2) is 5.78 Å². The summed E-state index contributed by atoms with van der Waals surface area (Å²) in [5, 5.41) is 4.84. The van der Waals surface area contributed by atoms with E-state index in [2.05, 4.69) is 29.6 Å². The largest absolute Gasteiger partial charge is 0.325 e. The zero-order valence-corrected chi connectivity index (χ0v) is 18.0. The van der Waals surface area contributed by atoms with Crippen LogP contribution >= 0.6 is 11.8 Å². The molecule has 4 rings (SSSR count). The average Bonchev–Trinajstić information content (AvgIpc) is 2.78. The lowest BCUT2D eigenvalue weighted by atomic mass is 10.0. The van der Waals surface area contributed by atoms with Crippen molar-refractivity contribution in [1.82, 2.24) is 4.98 Å². The first kappa shape index (κ1) is 20.8. The maximum Gasteiger partial charge on any atom is 0.234 e. The molecular formula is C26H22N2O2S. The van der Waals surface area contributed by atoms with Crippen LogP contribution in [0.1, 0.15) is 28.4 Å². The van der Waals surface area contributed by atoms with E-state index >= 15 is 0 Å². The predicted octanol–water partition coefficient (Wildman–Crippen LogP) is 5.76. The molecule has 0 saturated heterocycles. The highest BCUT2D eigenvalue weighted by atomic mass is 32.2. The van der Waals surface area contributed by atoms with Crippen molar-refractivity contribution in [2.75, 3.05) is 11.1 Å². The second-order valence-corrected chi connectivity index (χ2v) is 8.24. The second kappa shape index (κ2) is 9.58. The van der Waals surface area contributed by atoms with Crippen LogP contribution in [-0.4, -0.2) is 22.4 Å². The number of anilines is 1. The number of benzene rings is 3. The lowest BCUT2D eigenvalue weighted by molar-refractivity contribution is -0.113. The van der Waals surface area contributed by atoms with Gasteiger partial charge in [0, 0.05) is 23.1 Å². The third-order valence-corrected chi connectivity index (χ3v) is 5.95. The van der Waals surface area contributed by atoms with Gasteiger partial charge in [-0.15, -0.1) is 0 Å². The molecule has 0 spiro atoms. The molecule has 0 aliphatic rings. The Kier molecular flexibility index (Phi) is 6.43. The summed E-state index contributed by atoms with van der Waals surface area (Å²) in [5.74, 6) is 0.143. The molecule has 0 aliphatic heterocycles. The zero-order chi connectivity index (χ0) is 21.6. The number of Topliss-reactive ketones (excluding diaryl/α,β-unsaturated/α-hetero) is 1. The Morgan fingerprint density at radius 2 is 1.61 bits per heavy atom. The molecule has 0 atom stereocenters. The van der Waals surface area contributed by atoms with Crippen molar-refractivity contribution in [2.45, 2.75) is 18.4 Å². The van der Waals surface area contributed by atoms with Crippen LogP contribution in [0.15, 0.2) is 90.0 Å². The molecule has 1 amide bonds. The number of nitrogens with zero attached hydrogens (tertiary/aromatic N) is 1. The Balaban J connectivity index is 1.50. The number of hydrogen-bond donors (Lipinski definition) is 1. The first-order valence-corrected chi connectivity index (χ1v) is 11.0. The molecule has 0 saturated carbocycles. The van der Waals surface area contributed by atoms with Crippen molar-refractivity contribution in [3.05, 3.63) is 102 Å². The summed E-state index contributed by atoms with van der Waals surface area (Å²) in [4.78, 5) is 28.7. The number of rotatable bonds is 7. The van der Waals surface area contributed by atoms with Crippen LogP contribution in [0.3, 0.4) is 0 Å². The van der Waals surface area contributed by atoms with E-state index in [0.717, 1.165) is 27.9 Å². The fraction of sp³-hybridized carbons (Fsp3) is 0.115. The molecule has 0 unspecified atom stereocenters. The fourth-order valence-corrected chi connectivity index (χ4v) is 4.15. The molecule has 4 nitrogen and oxygen atoms in total. The van der Waals surface area contributed by atoms with E-state index in [0.29, 0.717) is 11.3 Å². The van der Waals surface area contributed by atoms with E-state index in [4.69, 9.17) is 4.98 Å². The van der Waals surface area contributed by atoms with Crippen molar-refractivity contribution < 1.29 is 9.59 Å². The lowest BCUT2D eigenvalue weighted by Gasteiger charge is -2.11. The summed E-state index contributed by atoms with van der Waals surface area (Å²) in [5.41, 5.74) is 4.52. The van der Waals surface area contributed by atoms with Gasteiger partial charge < -0.3 is 5.32 Å². The van der Waals surface area contributed by atoms with Crippen molar-refractivity contribution in [2.24, 2.45) is 0 Å². The number of pyridine rings is 1. The van der Waals surface area contributed by atoms with Gasteiger partial charge in [-0.1, -0.05) is 60.3 Å². The third kappa shape index (κ3) is 5.38. The molecule has 1 aromatic heterocycles. The number of hydrogen-bond acceptors (Lipinski definition) is 4. The van der Waals surface area contributed by atoms with Gasteiger partial charge in [0.05, 0.1) is 11.3 Å². The Bertz CT molecular complexity index is 1220. The second-order valence-electron chi connectivity index (χ2n) is 7.28. The minimum absolute atomic E-state index is 0.00163. The Morgan fingerprint density at radius 3 is 2.35 bits per heavy atom. The molecule has 4 aromatic rings. The van der Waals surface area contributed by atoms with Gasteiger partial charge in [-0.25, -0.2) is 4.98 Å². The fourth-order valence-electron chi connectivity index (χ4n) is 3.33. The van der Waals surface area contributed by atoms with Crippen LogP contribution in [0.25, 0.3) is 10.9 Å². The summed E-state index contributed by atoms with van der Waals surface area (Å²) in [6, 6.07) is 27.4. The maximum atomic E-state index is 12.5. The third-order valence-electron chi connectivity index (χ3n) is 4.92. The molecular weight excluding hydrogens is 404 g/mol. The highest BCUT2D eigenvalue weighted by molar-refractivity contribution is 8.00. The van der Waals surface area contributed by atoms with Crippen LogP contribution in [0.5, 0.6) is 0 Å². The maximum absolute atomic E-state index is 12.5. The van der Waals surface area contributed by atoms with E-state index in [9.17, 15) is 9.59 Å². The Labute approximate surface area is 185 Å². The molecule has 1 N–H and O–H groups in total. The standard InChI is InChI=1S/C26H22N2O2S/c1-18(29)20-11-13-23(14-12-20)27-25(30)17-31-26-22(15-19-7-3-2-4-8-19)16-21-9-5-6-10-24(21)28-26/h2-14,16H,15,17H2,1H3,(H,27,30). The van der Waals surface area contributed by atoms with E-state index in [1.54, 1.807) is 24.3 Å².